The van der Waals surface area contributed by atoms with Gasteiger partial charge >= 0.3 is 5.91 Å². The van der Waals surface area contributed by atoms with Crippen molar-refractivity contribution in [2.24, 2.45) is 5.10 Å². The van der Waals surface area contributed by atoms with Crippen molar-refractivity contribution in [1.82, 2.24) is 9.99 Å². The van der Waals surface area contributed by atoms with Crippen LogP contribution in [0, 0.1) is 0 Å². The van der Waals surface area contributed by atoms with E-state index in [0.29, 0.717) is 46.2 Å². The van der Waals surface area contributed by atoms with Gasteiger partial charge in [-0.25, -0.2) is 9.99 Å². The third-order valence-electron chi connectivity index (χ3n) is 6.23. The Morgan fingerprint density at radius 1 is 0.946 bits per heavy atom. The van der Waals surface area contributed by atoms with Crippen molar-refractivity contribution in [2.75, 3.05) is 28.4 Å². The Labute approximate surface area is 218 Å². The van der Waals surface area contributed by atoms with Gasteiger partial charge < -0.3 is 23.4 Å². The minimum Gasteiger partial charge on any atom is -0.493 e. The van der Waals surface area contributed by atoms with Gasteiger partial charge in [0.1, 0.15) is 5.15 Å². The molecule has 0 saturated carbocycles. The number of fused-ring (bicyclic) bond motifs is 1. The van der Waals surface area contributed by atoms with E-state index in [2.05, 4.69) is 4.98 Å². The zero-order valence-corrected chi connectivity index (χ0v) is 21.4. The van der Waals surface area contributed by atoms with Crippen LogP contribution in [0.3, 0.4) is 0 Å². The quantitative estimate of drug-likeness (QED) is 0.296. The highest BCUT2D eigenvalue weighted by Gasteiger charge is 2.36. The number of hydrazone groups is 1. The van der Waals surface area contributed by atoms with E-state index in [1.165, 1.54) is 11.3 Å². The Balaban J connectivity index is 1.60. The molecule has 0 N–H and O–H groups in total. The van der Waals surface area contributed by atoms with Gasteiger partial charge in [-0.15, -0.1) is 0 Å². The van der Waals surface area contributed by atoms with Crippen LogP contribution in [-0.2, 0) is 0 Å². The van der Waals surface area contributed by atoms with Crippen LogP contribution in [0.15, 0.2) is 64.3 Å². The van der Waals surface area contributed by atoms with Crippen LogP contribution in [-0.4, -0.2) is 50.1 Å². The summed E-state index contributed by atoms with van der Waals surface area (Å²) in [6.07, 6.45) is 1.84. The third-order valence-corrected chi connectivity index (χ3v) is 6.53. The lowest BCUT2D eigenvalue weighted by Crippen LogP contribution is -2.27. The van der Waals surface area contributed by atoms with E-state index >= 15 is 0 Å². The van der Waals surface area contributed by atoms with Crippen LogP contribution in [0.5, 0.6) is 23.0 Å². The molecule has 0 fully saturated rings. The fourth-order valence-electron chi connectivity index (χ4n) is 4.37. The molecule has 3 heterocycles. The number of hydrogen-bond acceptors (Lipinski definition) is 8. The number of furan rings is 1. The molecule has 37 heavy (non-hydrogen) atoms. The predicted molar refractivity (Wildman–Crippen MR) is 138 cm³/mol. The number of nitrogens with zero attached hydrogens (tertiary/aromatic N) is 3. The van der Waals surface area contributed by atoms with Crippen LogP contribution < -0.4 is 18.9 Å². The molecule has 0 aliphatic carbocycles. The molecule has 1 amide bonds. The lowest BCUT2D eigenvalue weighted by atomic mass is 9.98. The average Bonchev–Trinajstić information content (AvgIpc) is 3.62. The van der Waals surface area contributed by atoms with Crippen LogP contribution in [0.25, 0.3) is 10.9 Å². The monoisotopic (exact) mass is 521 g/mol. The van der Waals surface area contributed by atoms with Gasteiger partial charge in [-0.3, -0.25) is 4.79 Å². The molecule has 0 saturated heterocycles. The minimum atomic E-state index is -0.529. The van der Waals surface area contributed by atoms with Crippen molar-refractivity contribution in [3.05, 3.63) is 76.8 Å². The second-order valence-corrected chi connectivity index (χ2v) is 8.59. The maximum absolute atomic E-state index is 13.4. The van der Waals surface area contributed by atoms with Crippen LogP contribution in [0.2, 0.25) is 5.15 Å². The van der Waals surface area contributed by atoms with Crippen LogP contribution in [0.1, 0.15) is 34.1 Å². The molecule has 2 aromatic heterocycles. The number of methoxy groups -OCH3 is 4. The molecule has 0 bridgehead atoms. The van der Waals surface area contributed by atoms with Crippen LogP contribution >= 0.6 is 11.6 Å². The van der Waals surface area contributed by atoms with Gasteiger partial charge in [-0.1, -0.05) is 11.6 Å². The zero-order valence-electron chi connectivity index (χ0n) is 20.6. The second kappa shape index (κ2) is 10.0. The smallest absolute Gasteiger partial charge is 0.310 e. The number of pyridine rings is 1. The van der Waals surface area contributed by atoms with Crippen molar-refractivity contribution in [1.29, 1.82) is 0 Å². The molecule has 10 heteroatoms. The number of amides is 1. The number of rotatable bonds is 7. The summed E-state index contributed by atoms with van der Waals surface area (Å²) in [6, 6.07) is 13.7. The molecule has 4 aromatic rings. The first-order valence-corrected chi connectivity index (χ1v) is 11.7. The van der Waals surface area contributed by atoms with E-state index in [0.717, 1.165) is 10.9 Å². The van der Waals surface area contributed by atoms with Gasteiger partial charge in [0.25, 0.3) is 0 Å². The third kappa shape index (κ3) is 4.42. The highest BCUT2D eigenvalue weighted by Crippen LogP contribution is 2.40. The molecule has 1 atom stereocenters. The van der Waals surface area contributed by atoms with Gasteiger partial charge in [0.05, 0.1) is 52.0 Å². The Morgan fingerprint density at radius 2 is 1.65 bits per heavy atom. The molecule has 190 valence electrons. The molecule has 0 spiro atoms. The van der Waals surface area contributed by atoms with Crippen molar-refractivity contribution in [2.45, 2.75) is 12.5 Å². The number of ether oxygens (including phenoxy) is 4. The summed E-state index contributed by atoms with van der Waals surface area (Å²) in [5.41, 5.74) is 2.73. The first-order chi connectivity index (χ1) is 18.0. The summed E-state index contributed by atoms with van der Waals surface area (Å²) in [5.74, 6) is 2.02. The molecule has 1 aliphatic heterocycles. The number of benzene rings is 2. The number of hydrogen-bond donors (Lipinski definition) is 0. The van der Waals surface area contributed by atoms with Crippen LogP contribution in [0.4, 0.5) is 0 Å². The lowest BCUT2D eigenvalue weighted by Gasteiger charge is -2.22. The van der Waals surface area contributed by atoms with Crippen molar-refractivity contribution < 1.29 is 28.2 Å². The molecular weight excluding hydrogens is 498 g/mol. The normalized spacial score (nSPS) is 15.0. The van der Waals surface area contributed by atoms with Gasteiger partial charge in [0, 0.05) is 29.0 Å². The summed E-state index contributed by atoms with van der Waals surface area (Å²) in [5, 5.41) is 7.12. The largest absolute Gasteiger partial charge is 0.493 e. The number of carbonyl (C=O) groups excluding carboxylic acids is 1. The highest BCUT2D eigenvalue weighted by molar-refractivity contribution is 6.30. The Bertz CT molecular complexity index is 1500. The van der Waals surface area contributed by atoms with Gasteiger partial charge in [-0.2, -0.15) is 5.10 Å². The first-order valence-electron chi connectivity index (χ1n) is 11.4. The Kier molecular flexibility index (Phi) is 6.62. The molecule has 1 aliphatic rings. The zero-order chi connectivity index (χ0) is 26.1. The van der Waals surface area contributed by atoms with E-state index < -0.39 is 11.9 Å². The van der Waals surface area contributed by atoms with Gasteiger partial charge in [0.15, 0.2) is 28.8 Å². The highest BCUT2D eigenvalue weighted by atomic mass is 35.5. The topological polar surface area (TPSA) is 95.6 Å². The molecule has 9 nitrogen and oxygen atoms in total. The number of carbonyl (C=O) groups is 1. The van der Waals surface area contributed by atoms with E-state index in [1.54, 1.807) is 52.7 Å². The minimum absolute atomic E-state index is 0.165. The number of halogens is 1. The second-order valence-electron chi connectivity index (χ2n) is 8.23. The number of aromatic nitrogens is 1. The fraction of sp³-hybridized carbons (Fsp3) is 0.222. The lowest BCUT2D eigenvalue weighted by molar-refractivity contribution is 0.0678. The molecule has 2 aromatic carbocycles. The molecule has 1 unspecified atom stereocenters. The standard InChI is InChI=1S/C27H24ClN3O6/c1-33-21-8-7-15(11-23(21)34-2)19-13-20(31(30-19)27(32)22-6-5-9-37-22)17-10-16-12-24(35-3)25(36-4)14-18(16)29-26(17)28/h5-12,14,20H,13H2,1-4H3. The van der Waals surface area contributed by atoms with Gasteiger partial charge in [-0.05, 0) is 42.5 Å². The fourth-order valence-corrected chi connectivity index (χ4v) is 4.64. The summed E-state index contributed by atoms with van der Waals surface area (Å²) in [4.78, 5) is 18.0. The average molecular weight is 522 g/mol. The van der Waals surface area contributed by atoms with E-state index in [-0.39, 0.29) is 10.9 Å². The summed E-state index contributed by atoms with van der Waals surface area (Å²) in [7, 11) is 6.27. The van der Waals surface area contributed by atoms with E-state index in [4.69, 9.17) is 40.1 Å². The van der Waals surface area contributed by atoms with E-state index in [1.807, 2.05) is 24.3 Å². The molecular formula is C27H24ClN3O6. The Hall–Kier alpha value is -4.24. The van der Waals surface area contributed by atoms with Crippen molar-refractivity contribution >= 4 is 34.1 Å². The van der Waals surface area contributed by atoms with Crippen molar-refractivity contribution in [3.63, 3.8) is 0 Å². The van der Waals surface area contributed by atoms with Crippen molar-refractivity contribution in [3.8, 4) is 23.0 Å². The summed E-state index contributed by atoms with van der Waals surface area (Å²) < 4.78 is 27.0. The molecule has 0 radical (unpaired) electrons. The summed E-state index contributed by atoms with van der Waals surface area (Å²) >= 11 is 6.70. The molecule has 5 rings (SSSR count). The predicted octanol–water partition coefficient (Wildman–Crippen LogP) is 5.51. The maximum atomic E-state index is 13.4. The van der Waals surface area contributed by atoms with E-state index in [9.17, 15) is 4.79 Å². The summed E-state index contributed by atoms with van der Waals surface area (Å²) in [6.45, 7) is 0. The first kappa shape index (κ1) is 24.5. The Morgan fingerprint density at radius 3 is 2.32 bits per heavy atom. The SMILES string of the molecule is COc1ccc(C2=NN(C(=O)c3ccco3)C(c3cc4cc(OC)c(OC)cc4nc3Cl)C2)cc1OC. The maximum Gasteiger partial charge on any atom is 0.310 e. The van der Waals surface area contributed by atoms with Gasteiger partial charge in [0.2, 0.25) is 0 Å².